The Morgan fingerprint density at radius 1 is 1.02 bits per heavy atom. The van der Waals surface area contributed by atoms with E-state index in [1.54, 1.807) is 43.5 Å². The van der Waals surface area contributed by atoms with E-state index < -0.39 is 26.0 Å². The number of carbonyl (C=O) groups excluding carboxylic acids is 1. The van der Waals surface area contributed by atoms with Gasteiger partial charge in [-0.2, -0.15) is 4.72 Å². The van der Waals surface area contributed by atoms with Crippen molar-refractivity contribution in [3.05, 3.63) is 105 Å². The number of carbonyl (C=O) groups is 1. The van der Waals surface area contributed by atoms with Gasteiger partial charge in [0.2, 0.25) is 10.0 Å². The van der Waals surface area contributed by atoms with Crippen LogP contribution in [0.15, 0.2) is 99.2 Å². The number of ether oxygens (including phenoxy) is 3. The number of aliphatic imine (C=N–C) groups is 1. The van der Waals surface area contributed by atoms with E-state index in [0.29, 0.717) is 45.1 Å². The number of anilines is 1. The van der Waals surface area contributed by atoms with Crippen LogP contribution in [0.3, 0.4) is 0 Å². The van der Waals surface area contributed by atoms with Gasteiger partial charge in [0.05, 0.1) is 34.6 Å². The summed E-state index contributed by atoms with van der Waals surface area (Å²) in [5.74, 6) is 0.976. The molecule has 1 fully saturated rings. The van der Waals surface area contributed by atoms with Crippen LogP contribution in [0.1, 0.15) is 31.5 Å². The molecule has 15 nitrogen and oxygen atoms in total. The summed E-state index contributed by atoms with van der Waals surface area (Å²) in [6, 6.07) is 19.8. The minimum atomic E-state index is -3.55. The third-order valence-corrected chi connectivity index (χ3v) is 12.7. The lowest BCUT2D eigenvalue weighted by Crippen LogP contribution is -2.43. The molecule has 314 valence electrons. The summed E-state index contributed by atoms with van der Waals surface area (Å²) in [5.41, 5.74) is 2.70. The quantitative estimate of drug-likeness (QED) is 0.122. The number of allylic oxidation sites excluding steroid dienone is 2. The van der Waals surface area contributed by atoms with Crippen LogP contribution in [0, 0.1) is 5.92 Å². The predicted molar refractivity (Wildman–Crippen MR) is 225 cm³/mol. The lowest BCUT2D eigenvalue weighted by molar-refractivity contribution is -0.145. The topological polar surface area (TPSA) is 197 Å². The highest BCUT2D eigenvalue weighted by molar-refractivity contribution is 7.94. The maximum absolute atomic E-state index is 12.1. The maximum Gasteiger partial charge on any atom is 0.344 e. The second-order valence-corrected chi connectivity index (χ2v) is 17.3. The monoisotopic (exact) mass is 878 g/mol. The number of fused-ring (bicyclic) bond motifs is 1. The Labute approximate surface area is 349 Å². The van der Waals surface area contributed by atoms with Crippen molar-refractivity contribution < 1.29 is 40.9 Å². The molecule has 2 atom stereocenters. The molecule has 19 heteroatoms. The Balaban J connectivity index is 0.000000180. The van der Waals surface area contributed by atoms with Crippen molar-refractivity contribution in [1.29, 1.82) is 0 Å². The zero-order valence-corrected chi connectivity index (χ0v) is 35.3. The zero-order valence-electron chi connectivity index (χ0n) is 32.1. The smallest absolute Gasteiger partial charge is 0.344 e. The van der Waals surface area contributed by atoms with E-state index in [1.807, 2.05) is 31.2 Å². The van der Waals surface area contributed by atoms with E-state index in [4.69, 9.17) is 42.5 Å². The van der Waals surface area contributed by atoms with E-state index >= 15 is 0 Å². The molecule has 5 N–H and O–H groups in total. The summed E-state index contributed by atoms with van der Waals surface area (Å²) in [7, 11) is -5.23. The molecule has 3 heterocycles. The van der Waals surface area contributed by atoms with Crippen molar-refractivity contribution in [3.63, 3.8) is 0 Å². The van der Waals surface area contributed by atoms with Crippen LogP contribution >= 0.6 is 23.2 Å². The fraction of sp³-hybridized carbons (Fsp3) is 0.385. The molecule has 2 unspecified atom stereocenters. The summed E-state index contributed by atoms with van der Waals surface area (Å²) in [5, 5.41) is 15.8. The number of aliphatic hydroxyl groups is 1. The molecule has 1 saturated heterocycles. The molecule has 0 spiro atoms. The SMILES string of the molecule is CCC1C=CC2=C1C(=NCCOC(=O)COc1ccc(Cl)cc1Cl)NS2(=O)=O.COc1ccc(N2CCNCC2)cc1.O=S1(=O)NC(NCCCO)c2ccccc21. The molecule has 0 bridgehead atoms. The average molecular weight is 880 g/mol. The number of nitrogens with zero attached hydrogens (tertiary/aromatic N) is 2. The minimum Gasteiger partial charge on any atom is -0.497 e. The Morgan fingerprint density at radius 2 is 1.76 bits per heavy atom. The molecular weight excluding hydrogens is 832 g/mol. The van der Waals surface area contributed by atoms with Gasteiger partial charge in [0.25, 0.3) is 10.0 Å². The third kappa shape index (κ3) is 11.9. The maximum atomic E-state index is 12.1. The third-order valence-electron chi connectivity index (χ3n) is 9.23. The van der Waals surface area contributed by atoms with Gasteiger partial charge < -0.3 is 29.5 Å². The normalized spacial score (nSPS) is 20.2. The fourth-order valence-electron chi connectivity index (χ4n) is 6.32. The van der Waals surface area contributed by atoms with Gasteiger partial charge >= 0.3 is 5.97 Å². The number of hydrogen-bond acceptors (Lipinski definition) is 13. The number of rotatable bonds is 13. The number of hydrogen-bond donors (Lipinski definition) is 5. The molecule has 7 rings (SSSR count). The first kappa shape index (κ1) is 44.9. The Kier molecular flexibility index (Phi) is 16.4. The van der Waals surface area contributed by atoms with Crippen molar-refractivity contribution in [1.82, 2.24) is 20.1 Å². The molecule has 3 aromatic rings. The van der Waals surface area contributed by atoms with Gasteiger partial charge in [0.1, 0.15) is 23.9 Å². The zero-order chi connectivity index (χ0) is 41.7. The molecular formula is C39H48Cl2N6O9S2. The number of methoxy groups -OCH3 is 1. The Bertz CT molecular complexity index is 2200. The Hall–Kier alpha value is -4.20. The average Bonchev–Trinajstić information content (AvgIpc) is 3.86. The van der Waals surface area contributed by atoms with Gasteiger partial charge in [-0.1, -0.05) is 54.4 Å². The van der Waals surface area contributed by atoms with E-state index in [2.05, 4.69) is 42.1 Å². The van der Waals surface area contributed by atoms with Gasteiger partial charge in [0.15, 0.2) is 6.61 Å². The van der Waals surface area contributed by atoms with Crippen LogP contribution in [0.2, 0.25) is 10.0 Å². The molecule has 0 radical (unpaired) electrons. The van der Waals surface area contributed by atoms with Crippen molar-refractivity contribution in [2.75, 3.05) is 71.1 Å². The number of nitrogens with one attached hydrogen (secondary N) is 4. The largest absolute Gasteiger partial charge is 0.497 e. The highest BCUT2D eigenvalue weighted by Crippen LogP contribution is 2.35. The highest BCUT2D eigenvalue weighted by Gasteiger charge is 2.38. The van der Waals surface area contributed by atoms with Gasteiger partial charge in [-0.25, -0.2) is 21.6 Å². The van der Waals surface area contributed by atoms with Crippen LogP contribution in [-0.4, -0.2) is 99.9 Å². The number of esters is 1. The van der Waals surface area contributed by atoms with Crippen molar-refractivity contribution in [2.24, 2.45) is 10.9 Å². The lowest BCUT2D eigenvalue weighted by atomic mass is 9.99. The molecule has 0 amide bonds. The first-order valence-corrected chi connectivity index (χ1v) is 22.4. The first-order chi connectivity index (χ1) is 27.9. The first-order valence-electron chi connectivity index (χ1n) is 18.7. The molecule has 1 aliphatic carbocycles. The number of sulfonamides is 2. The van der Waals surface area contributed by atoms with E-state index in [1.165, 1.54) is 11.8 Å². The number of aliphatic hydroxyl groups excluding tert-OH is 1. The fourth-order valence-corrected chi connectivity index (χ4v) is 9.52. The summed E-state index contributed by atoms with van der Waals surface area (Å²) in [4.78, 5) is 19.0. The van der Waals surface area contributed by atoms with Crippen molar-refractivity contribution in [2.45, 2.75) is 30.8 Å². The van der Waals surface area contributed by atoms with E-state index in [9.17, 15) is 21.6 Å². The number of amidine groups is 1. The predicted octanol–water partition coefficient (Wildman–Crippen LogP) is 4.15. The van der Waals surface area contributed by atoms with Gasteiger partial charge in [-0.05, 0) is 74.0 Å². The van der Waals surface area contributed by atoms with Gasteiger partial charge in [-0.15, -0.1) is 0 Å². The van der Waals surface area contributed by atoms with Gasteiger partial charge in [0, 0.05) is 60.6 Å². The summed E-state index contributed by atoms with van der Waals surface area (Å²) in [6.45, 7) is 6.76. The minimum absolute atomic E-state index is 0.00535. The second kappa shape index (κ2) is 21.2. The number of piperazine rings is 1. The molecule has 4 aliphatic rings. The number of benzene rings is 3. The molecule has 0 aromatic heterocycles. The molecule has 58 heavy (non-hydrogen) atoms. The summed E-state index contributed by atoms with van der Waals surface area (Å²) >= 11 is 11.8. The second-order valence-electron chi connectivity index (χ2n) is 13.1. The summed E-state index contributed by atoms with van der Waals surface area (Å²) < 4.78 is 68.0. The van der Waals surface area contributed by atoms with Crippen molar-refractivity contribution >= 4 is 60.7 Å². The number of halogens is 2. The van der Waals surface area contributed by atoms with E-state index in [-0.39, 0.29) is 43.4 Å². The lowest BCUT2D eigenvalue weighted by Gasteiger charge is -2.29. The van der Waals surface area contributed by atoms with Crippen LogP contribution in [-0.2, 0) is 29.6 Å². The van der Waals surface area contributed by atoms with Crippen LogP contribution in [0.5, 0.6) is 11.5 Å². The molecule has 3 aromatic carbocycles. The van der Waals surface area contributed by atoms with Crippen LogP contribution < -0.4 is 34.5 Å². The van der Waals surface area contributed by atoms with Crippen molar-refractivity contribution in [3.8, 4) is 11.5 Å². The summed E-state index contributed by atoms with van der Waals surface area (Å²) in [6.07, 6.45) is 4.45. The Morgan fingerprint density at radius 3 is 2.45 bits per heavy atom. The molecule has 3 aliphatic heterocycles. The van der Waals surface area contributed by atoms with Gasteiger partial charge in [-0.3, -0.25) is 15.0 Å². The molecule has 0 saturated carbocycles. The van der Waals surface area contributed by atoms with Crippen LogP contribution in [0.4, 0.5) is 5.69 Å². The highest BCUT2D eigenvalue weighted by atomic mass is 35.5. The van der Waals surface area contributed by atoms with Crippen LogP contribution in [0.25, 0.3) is 0 Å². The van der Waals surface area contributed by atoms with E-state index in [0.717, 1.165) is 43.9 Å². The standard InChI is InChI=1S/C18H18Cl2N2O5S.C11H16N2O.C10H14N2O3S/c1-2-11-3-6-15-17(11)18(22-28(15,24)25)21-7-8-26-16(23)10-27-14-5-4-12(19)9-13(14)20;1-14-11-4-2-10(3-5-11)13-8-6-12-7-9-13;13-7-3-6-11-10-8-4-1-2-5-9(8)16(14,15)12-10/h3-6,9,11H,2,7-8,10H2,1H3,(H,21,22);2-5,12H,6-9H2,1H3;1-2,4-5,10-13H,3,6-7H2.